The summed E-state index contributed by atoms with van der Waals surface area (Å²) < 4.78 is 28.4. The standard InChI is InChI=1S/C22H24F2N4O5/c1-4-27(3)22(33)18-20(31)19(30)16(17-15(26-11(2)29)7-8-28(17)18)21(32)25-10-12-5-6-13(23)9-14(12)24/h5-6,9,15,31H,4,7-8,10H2,1-3H3,(H,25,32)(H,26,29)/t15-/m0/s1. The maximum Gasteiger partial charge on any atom is 0.274 e. The number of hydrogen-bond acceptors (Lipinski definition) is 5. The summed E-state index contributed by atoms with van der Waals surface area (Å²) in [7, 11) is 1.50. The van der Waals surface area contributed by atoms with Crippen LogP contribution in [-0.2, 0) is 17.9 Å². The van der Waals surface area contributed by atoms with Gasteiger partial charge in [-0.25, -0.2) is 8.78 Å². The molecule has 3 N–H and O–H groups in total. The Morgan fingerprint density at radius 3 is 2.58 bits per heavy atom. The van der Waals surface area contributed by atoms with Gasteiger partial charge in [0.1, 0.15) is 17.2 Å². The molecule has 1 aromatic heterocycles. The molecule has 1 aliphatic heterocycles. The molecule has 2 heterocycles. The molecule has 11 heteroatoms. The van der Waals surface area contributed by atoms with Crippen molar-refractivity contribution in [1.82, 2.24) is 20.1 Å². The van der Waals surface area contributed by atoms with Crippen LogP contribution in [0.3, 0.4) is 0 Å². The van der Waals surface area contributed by atoms with Crippen molar-refractivity contribution in [2.24, 2.45) is 0 Å². The summed E-state index contributed by atoms with van der Waals surface area (Å²) in [5.74, 6) is -4.49. The lowest BCUT2D eigenvalue weighted by atomic mass is 10.0. The van der Waals surface area contributed by atoms with E-state index >= 15 is 0 Å². The number of pyridine rings is 1. The molecule has 1 aromatic carbocycles. The predicted molar refractivity (Wildman–Crippen MR) is 114 cm³/mol. The van der Waals surface area contributed by atoms with Crippen LogP contribution in [-0.4, -0.2) is 45.9 Å². The number of rotatable bonds is 6. The number of amides is 3. The van der Waals surface area contributed by atoms with Gasteiger partial charge in [-0.3, -0.25) is 19.2 Å². The van der Waals surface area contributed by atoms with Gasteiger partial charge in [0, 0.05) is 45.2 Å². The average Bonchev–Trinajstić information content (AvgIpc) is 3.14. The molecule has 1 aliphatic rings. The van der Waals surface area contributed by atoms with Gasteiger partial charge >= 0.3 is 0 Å². The minimum Gasteiger partial charge on any atom is -0.503 e. The highest BCUT2D eigenvalue weighted by molar-refractivity contribution is 6.00. The van der Waals surface area contributed by atoms with Crippen LogP contribution in [0, 0.1) is 11.6 Å². The Bertz CT molecular complexity index is 1190. The number of aromatic nitrogens is 1. The molecule has 9 nitrogen and oxygen atoms in total. The molecule has 2 aromatic rings. The molecule has 0 aliphatic carbocycles. The van der Waals surface area contributed by atoms with Crippen LogP contribution in [0.4, 0.5) is 8.78 Å². The van der Waals surface area contributed by atoms with Gasteiger partial charge in [0.2, 0.25) is 11.3 Å². The zero-order valence-electron chi connectivity index (χ0n) is 18.4. The maximum absolute atomic E-state index is 13.9. The van der Waals surface area contributed by atoms with Gasteiger partial charge in [-0.05, 0) is 19.4 Å². The number of carbonyl (C=O) groups excluding carboxylic acids is 3. The van der Waals surface area contributed by atoms with Crippen LogP contribution in [0.5, 0.6) is 5.75 Å². The molecule has 0 radical (unpaired) electrons. The number of benzene rings is 1. The van der Waals surface area contributed by atoms with E-state index in [1.54, 1.807) is 6.92 Å². The second-order valence-corrected chi connectivity index (χ2v) is 7.72. The van der Waals surface area contributed by atoms with Gasteiger partial charge in [-0.15, -0.1) is 0 Å². The van der Waals surface area contributed by atoms with E-state index in [0.29, 0.717) is 12.6 Å². The molecule has 33 heavy (non-hydrogen) atoms. The SMILES string of the molecule is CCN(C)C(=O)c1c(O)c(=O)c(C(=O)NCc2ccc(F)cc2F)c2n1CC[C@@H]2NC(C)=O. The van der Waals surface area contributed by atoms with E-state index in [4.69, 9.17) is 0 Å². The fraction of sp³-hybridized carbons (Fsp3) is 0.364. The molecule has 3 amide bonds. The first-order valence-electron chi connectivity index (χ1n) is 10.3. The molecule has 1 atom stereocenters. The summed E-state index contributed by atoms with van der Waals surface area (Å²) in [4.78, 5) is 51.9. The average molecular weight is 462 g/mol. The number of nitrogens with zero attached hydrogens (tertiary/aromatic N) is 2. The Balaban J connectivity index is 2.09. The summed E-state index contributed by atoms with van der Waals surface area (Å²) in [5, 5.41) is 15.6. The van der Waals surface area contributed by atoms with Crippen molar-refractivity contribution in [2.45, 2.75) is 39.4 Å². The number of hydrogen-bond donors (Lipinski definition) is 3. The first-order valence-corrected chi connectivity index (χ1v) is 10.3. The summed E-state index contributed by atoms with van der Waals surface area (Å²) in [6.07, 6.45) is 0.283. The summed E-state index contributed by atoms with van der Waals surface area (Å²) in [5.41, 5.74) is -1.74. The van der Waals surface area contributed by atoms with Crippen molar-refractivity contribution < 1.29 is 28.3 Å². The van der Waals surface area contributed by atoms with Crippen molar-refractivity contribution in [2.75, 3.05) is 13.6 Å². The largest absolute Gasteiger partial charge is 0.503 e. The van der Waals surface area contributed by atoms with Crippen LogP contribution >= 0.6 is 0 Å². The zero-order chi connectivity index (χ0) is 24.4. The van der Waals surface area contributed by atoms with Crippen molar-refractivity contribution >= 4 is 17.7 Å². The maximum atomic E-state index is 13.9. The lowest BCUT2D eigenvalue weighted by Crippen LogP contribution is -2.37. The Kier molecular flexibility index (Phi) is 6.80. The fourth-order valence-electron chi connectivity index (χ4n) is 3.79. The topological polar surface area (TPSA) is 121 Å². The van der Waals surface area contributed by atoms with E-state index in [9.17, 15) is 33.1 Å². The van der Waals surface area contributed by atoms with E-state index in [2.05, 4.69) is 10.6 Å². The van der Waals surface area contributed by atoms with E-state index in [1.807, 2.05) is 0 Å². The molecule has 0 fully saturated rings. The molecule has 176 valence electrons. The van der Waals surface area contributed by atoms with E-state index in [-0.39, 0.29) is 36.5 Å². The number of halogens is 2. The van der Waals surface area contributed by atoms with Crippen molar-refractivity contribution in [1.29, 1.82) is 0 Å². The molecule has 0 spiro atoms. The second kappa shape index (κ2) is 9.39. The minimum absolute atomic E-state index is 0.0134. The highest BCUT2D eigenvalue weighted by Gasteiger charge is 2.37. The van der Waals surface area contributed by atoms with Crippen molar-refractivity contribution in [3.8, 4) is 5.75 Å². The van der Waals surface area contributed by atoms with Crippen LogP contribution in [0.25, 0.3) is 0 Å². The molecular formula is C22H24F2N4O5. The number of fused-ring (bicyclic) bond motifs is 1. The van der Waals surface area contributed by atoms with E-state index in [0.717, 1.165) is 12.1 Å². The lowest BCUT2D eigenvalue weighted by Gasteiger charge is -2.22. The quantitative estimate of drug-likeness (QED) is 0.600. The Morgan fingerprint density at radius 1 is 1.27 bits per heavy atom. The predicted octanol–water partition coefficient (Wildman–Crippen LogP) is 1.43. The normalized spacial score (nSPS) is 14.5. The Morgan fingerprint density at radius 2 is 1.97 bits per heavy atom. The van der Waals surface area contributed by atoms with Gasteiger partial charge < -0.3 is 25.2 Å². The highest BCUT2D eigenvalue weighted by Crippen LogP contribution is 2.32. The van der Waals surface area contributed by atoms with Crippen LogP contribution in [0.2, 0.25) is 0 Å². The molecule has 0 saturated heterocycles. The monoisotopic (exact) mass is 462 g/mol. The van der Waals surface area contributed by atoms with Gasteiger partial charge in [-0.2, -0.15) is 0 Å². The molecule has 0 saturated carbocycles. The summed E-state index contributed by atoms with van der Waals surface area (Å²) in [6.45, 7) is 3.11. The minimum atomic E-state index is -1.08. The van der Waals surface area contributed by atoms with E-state index < -0.39 is 52.1 Å². The zero-order valence-corrected chi connectivity index (χ0v) is 18.4. The molecular weight excluding hydrogens is 438 g/mol. The number of aromatic hydroxyl groups is 1. The van der Waals surface area contributed by atoms with Gasteiger partial charge in [0.05, 0.1) is 11.7 Å². The van der Waals surface area contributed by atoms with Gasteiger partial charge in [0.15, 0.2) is 11.4 Å². The second-order valence-electron chi connectivity index (χ2n) is 7.72. The molecule has 0 unspecified atom stereocenters. The third-order valence-corrected chi connectivity index (χ3v) is 5.54. The fourth-order valence-corrected chi connectivity index (χ4v) is 3.79. The lowest BCUT2D eigenvalue weighted by molar-refractivity contribution is -0.119. The molecule has 0 bridgehead atoms. The smallest absolute Gasteiger partial charge is 0.274 e. The van der Waals surface area contributed by atoms with Gasteiger partial charge in [-0.1, -0.05) is 6.07 Å². The number of nitrogens with one attached hydrogen (secondary N) is 2. The third-order valence-electron chi connectivity index (χ3n) is 5.54. The van der Waals surface area contributed by atoms with Gasteiger partial charge in [0.25, 0.3) is 11.8 Å². The van der Waals surface area contributed by atoms with Crippen LogP contribution in [0.1, 0.15) is 58.4 Å². The third kappa shape index (κ3) is 4.57. The Hall–Kier alpha value is -3.76. The van der Waals surface area contributed by atoms with E-state index in [1.165, 1.54) is 23.4 Å². The van der Waals surface area contributed by atoms with Crippen molar-refractivity contribution in [3.05, 3.63) is 62.6 Å². The van der Waals surface area contributed by atoms with Crippen molar-refractivity contribution in [3.63, 3.8) is 0 Å². The highest BCUT2D eigenvalue weighted by atomic mass is 19.1. The number of carbonyl (C=O) groups is 3. The Labute approximate surface area is 188 Å². The summed E-state index contributed by atoms with van der Waals surface area (Å²) >= 11 is 0. The van der Waals surface area contributed by atoms with Crippen LogP contribution in [0.15, 0.2) is 23.0 Å². The first-order chi connectivity index (χ1) is 15.6. The summed E-state index contributed by atoms with van der Waals surface area (Å²) in [6, 6.07) is 2.09. The van der Waals surface area contributed by atoms with Crippen LogP contribution < -0.4 is 16.1 Å². The first kappa shape index (κ1) is 23.9. The molecule has 3 rings (SSSR count).